The Morgan fingerprint density at radius 1 is 0.971 bits per heavy atom. The molecule has 0 aliphatic carbocycles. The first-order valence-electron chi connectivity index (χ1n) is 21.1. The van der Waals surface area contributed by atoms with Crippen LogP contribution in [0.1, 0.15) is 67.1 Å². The molecule has 0 spiro atoms. The maximum atomic E-state index is 14.0. The lowest BCUT2D eigenvalue weighted by Gasteiger charge is -2.35. The molecule has 3 atom stereocenters. The van der Waals surface area contributed by atoms with Gasteiger partial charge >= 0.3 is 12.4 Å². The summed E-state index contributed by atoms with van der Waals surface area (Å²) in [6.45, 7) is 6.32. The number of benzene rings is 3. The summed E-state index contributed by atoms with van der Waals surface area (Å²) in [7, 11) is 1.23. The van der Waals surface area contributed by atoms with Crippen molar-refractivity contribution < 1.29 is 64.8 Å². The summed E-state index contributed by atoms with van der Waals surface area (Å²) < 4.78 is 96.3. The summed E-state index contributed by atoms with van der Waals surface area (Å²) in [5, 5.41) is 28.3. The minimum absolute atomic E-state index is 0.00825. The molecule has 1 saturated heterocycles. The highest BCUT2D eigenvalue weighted by Crippen LogP contribution is 2.39. The molecule has 21 heteroatoms. The molecular formula is C47H50F6N6O8S. The first-order chi connectivity index (χ1) is 32.0. The third kappa shape index (κ3) is 14.0. The molecule has 1 aliphatic heterocycles. The summed E-state index contributed by atoms with van der Waals surface area (Å²) in [4.78, 5) is 59.9. The summed E-state index contributed by atoms with van der Waals surface area (Å²) in [6, 6.07) is 12.6. The van der Waals surface area contributed by atoms with Gasteiger partial charge in [0.05, 0.1) is 53.6 Å². The number of nitriles is 1. The van der Waals surface area contributed by atoms with Gasteiger partial charge in [0.15, 0.2) is 11.5 Å². The second-order valence-electron chi connectivity index (χ2n) is 16.8. The van der Waals surface area contributed by atoms with Crippen molar-refractivity contribution in [1.82, 2.24) is 25.8 Å². The first kappa shape index (κ1) is 52.5. The second-order valence-corrected chi connectivity index (χ2v) is 17.7. The van der Waals surface area contributed by atoms with Crippen LogP contribution in [0, 0.1) is 23.7 Å². The number of thiazole rings is 1. The van der Waals surface area contributed by atoms with Crippen LogP contribution >= 0.6 is 11.3 Å². The number of alkyl halides is 6. The fourth-order valence-corrected chi connectivity index (χ4v) is 7.93. The molecule has 14 nitrogen and oxygen atoms in total. The minimum atomic E-state index is -5.09. The molecule has 68 heavy (non-hydrogen) atoms. The molecule has 3 unspecified atom stereocenters. The zero-order valence-corrected chi connectivity index (χ0v) is 38.5. The number of β-amino-alcohol motifs (C(OH)–C–C–N with tert-alkyl or cyclic N) is 1. The van der Waals surface area contributed by atoms with E-state index in [9.17, 15) is 55.9 Å². The molecule has 0 saturated carbocycles. The Bertz CT molecular complexity index is 2520. The van der Waals surface area contributed by atoms with Gasteiger partial charge in [-0.3, -0.25) is 19.2 Å². The van der Waals surface area contributed by atoms with Crippen LogP contribution in [0.25, 0.3) is 16.5 Å². The van der Waals surface area contributed by atoms with E-state index < -0.39 is 82.9 Å². The van der Waals surface area contributed by atoms with Crippen LogP contribution in [0.5, 0.6) is 11.5 Å². The Balaban J connectivity index is 1.08. The highest BCUT2D eigenvalue weighted by molar-refractivity contribution is 7.13. The first-order valence-corrected chi connectivity index (χ1v) is 22.0. The lowest BCUT2D eigenvalue weighted by atomic mass is 9.85. The predicted molar refractivity (Wildman–Crippen MR) is 237 cm³/mol. The number of nitrogens with zero attached hydrogens (tertiary/aromatic N) is 3. The van der Waals surface area contributed by atoms with Gasteiger partial charge in [-0.1, -0.05) is 57.2 Å². The molecule has 1 aromatic heterocycles. The van der Waals surface area contributed by atoms with Crippen molar-refractivity contribution in [2.75, 3.05) is 33.4 Å². The number of aliphatic hydroxyl groups is 1. The van der Waals surface area contributed by atoms with Crippen LogP contribution in [-0.4, -0.2) is 90.2 Å². The van der Waals surface area contributed by atoms with Crippen molar-refractivity contribution in [3.8, 4) is 28.0 Å². The van der Waals surface area contributed by atoms with E-state index in [1.165, 1.54) is 47.6 Å². The fraction of sp³-hybridized carbons (Fsp3) is 0.404. The third-order valence-corrected chi connectivity index (χ3v) is 11.7. The second kappa shape index (κ2) is 22.5. The number of aryl methyl sites for hydroxylation is 1. The SMILES string of the molecule is COc1cc(C=C(C#N)C(=O)NCCOCCC(=O)NC(C(=O)N2CC(O)CC2C(=O)NCc2ccc(-c3scnc3C)cc2)C(C)(C)C)ccc1OCc1ccc(C(F)(F)F)cc1C(F)(F)F. The van der Waals surface area contributed by atoms with E-state index in [1.807, 2.05) is 31.2 Å². The maximum absolute atomic E-state index is 14.0. The van der Waals surface area contributed by atoms with Gasteiger partial charge in [-0.15, -0.1) is 11.3 Å². The monoisotopic (exact) mass is 972 g/mol. The summed E-state index contributed by atoms with van der Waals surface area (Å²) in [5.41, 5.74) is 0.146. The van der Waals surface area contributed by atoms with Crippen molar-refractivity contribution in [3.63, 3.8) is 0 Å². The van der Waals surface area contributed by atoms with Crippen LogP contribution in [0.3, 0.4) is 0 Å². The molecule has 1 aliphatic rings. The third-order valence-electron chi connectivity index (χ3n) is 10.7. The van der Waals surface area contributed by atoms with E-state index in [0.29, 0.717) is 12.1 Å². The largest absolute Gasteiger partial charge is 0.493 e. The van der Waals surface area contributed by atoms with Gasteiger partial charge in [-0.2, -0.15) is 31.6 Å². The minimum Gasteiger partial charge on any atom is -0.493 e. The van der Waals surface area contributed by atoms with Crippen molar-refractivity contribution in [2.24, 2.45) is 5.41 Å². The Morgan fingerprint density at radius 2 is 1.69 bits per heavy atom. The lowest BCUT2D eigenvalue weighted by molar-refractivity contribution is -0.144. The van der Waals surface area contributed by atoms with Crippen molar-refractivity contribution in [1.29, 1.82) is 5.26 Å². The van der Waals surface area contributed by atoms with Gasteiger partial charge in [-0.25, -0.2) is 4.98 Å². The van der Waals surface area contributed by atoms with Crippen molar-refractivity contribution >= 4 is 41.0 Å². The smallest absolute Gasteiger partial charge is 0.416 e. The standard InChI is InChI=1S/C47H50F6N6O8S/c1-27-40(68-26-57-27)30-9-6-28(7-10-30)23-56-43(63)36-21-34(60)24-59(36)44(64)41(45(2,3)4)58-39(61)14-16-66-17-15-55-42(62)32(22-54)18-29-8-13-37(38(19-29)65-5)67-25-31-11-12-33(46(48,49)50)20-35(31)47(51,52)53/h6-13,18-20,26,34,36,41,60H,14-17,21,23-25H2,1-5H3,(H,55,62)(H,56,63)(H,58,61). The van der Waals surface area contributed by atoms with E-state index in [1.54, 1.807) is 32.4 Å². The number of rotatable bonds is 18. The number of hydrogen-bond donors (Lipinski definition) is 4. The van der Waals surface area contributed by atoms with Gasteiger partial charge in [-0.05, 0) is 59.4 Å². The summed E-state index contributed by atoms with van der Waals surface area (Å²) in [5.74, 6) is -2.34. The van der Waals surface area contributed by atoms with Gasteiger partial charge in [0, 0.05) is 38.0 Å². The average Bonchev–Trinajstić information content (AvgIpc) is 3.90. The number of methoxy groups -OCH3 is 1. The molecule has 4 N–H and O–H groups in total. The van der Waals surface area contributed by atoms with E-state index in [-0.39, 0.29) is 74.4 Å². The fourth-order valence-electron chi connectivity index (χ4n) is 7.12. The number of carbonyl (C=O) groups excluding carboxylic acids is 4. The number of halogens is 6. The number of aromatic nitrogens is 1. The van der Waals surface area contributed by atoms with Crippen LogP contribution < -0.4 is 25.4 Å². The molecule has 0 radical (unpaired) electrons. The maximum Gasteiger partial charge on any atom is 0.416 e. The lowest BCUT2D eigenvalue weighted by Crippen LogP contribution is -2.57. The number of carbonyl (C=O) groups is 4. The van der Waals surface area contributed by atoms with Crippen LogP contribution in [0.4, 0.5) is 26.3 Å². The van der Waals surface area contributed by atoms with Crippen LogP contribution in [0.2, 0.25) is 0 Å². The zero-order chi connectivity index (χ0) is 50.0. The predicted octanol–water partition coefficient (Wildman–Crippen LogP) is 6.98. The van der Waals surface area contributed by atoms with Crippen LogP contribution in [-0.2, 0) is 49.4 Å². The van der Waals surface area contributed by atoms with Gasteiger partial charge in [0.1, 0.15) is 30.3 Å². The number of aliphatic hydroxyl groups excluding tert-OH is 1. The van der Waals surface area contributed by atoms with E-state index in [0.717, 1.165) is 21.7 Å². The number of hydrogen-bond acceptors (Lipinski definition) is 11. The molecule has 5 rings (SSSR count). The zero-order valence-electron chi connectivity index (χ0n) is 37.6. The van der Waals surface area contributed by atoms with Crippen molar-refractivity contribution in [3.05, 3.63) is 105 Å². The quantitative estimate of drug-likeness (QED) is 0.0350. The number of amides is 4. The molecule has 364 valence electrons. The Hall–Kier alpha value is -6.50. The molecule has 2 heterocycles. The number of ether oxygens (including phenoxy) is 3. The summed E-state index contributed by atoms with van der Waals surface area (Å²) >= 11 is 1.53. The van der Waals surface area contributed by atoms with E-state index in [4.69, 9.17) is 14.2 Å². The Morgan fingerprint density at radius 3 is 2.31 bits per heavy atom. The Labute approximate surface area is 392 Å². The summed E-state index contributed by atoms with van der Waals surface area (Å²) in [6.07, 6.45) is -9.96. The van der Waals surface area contributed by atoms with Crippen LogP contribution in [0.15, 0.2) is 71.7 Å². The Kier molecular flexibility index (Phi) is 17.4. The molecule has 4 amide bonds. The topological polar surface area (TPSA) is 192 Å². The highest BCUT2D eigenvalue weighted by Gasteiger charge is 2.44. The van der Waals surface area contributed by atoms with E-state index >= 15 is 0 Å². The molecule has 1 fully saturated rings. The number of nitrogens with one attached hydrogen (secondary N) is 3. The number of likely N-dealkylation sites (tertiary alicyclic amines) is 1. The normalized spacial score (nSPS) is 15.9. The van der Waals surface area contributed by atoms with Gasteiger partial charge in [0.25, 0.3) is 5.91 Å². The highest BCUT2D eigenvalue weighted by atomic mass is 32.1. The molecule has 4 aromatic rings. The van der Waals surface area contributed by atoms with Gasteiger partial charge < -0.3 is 40.2 Å². The molecule has 3 aromatic carbocycles. The average molecular weight is 973 g/mol. The molecular weight excluding hydrogens is 923 g/mol. The van der Waals surface area contributed by atoms with Gasteiger partial charge in [0.2, 0.25) is 17.7 Å². The molecule has 0 bridgehead atoms. The van der Waals surface area contributed by atoms with E-state index in [2.05, 4.69) is 20.9 Å². The van der Waals surface area contributed by atoms with Crippen molar-refractivity contribution in [2.45, 2.75) is 84.2 Å².